The first-order valence-corrected chi connectivity index (χ1v) is 5.57. The summed E-state index contributed by atoms with van der Waals surface area (Å²) in [5, 5.41) is 7.41. The van der Waals surface area contributed by atoms with Gasteiger partial charge in [-0.15, -0.1) is 0 Å². The van der Waals surface area contributed by atoms with Gasteiger partial charge in [0, 0.05) is 25.6 Å². The molecule has 0 amide bonds. The minimum atomic E-state index is 0.614. The van der Waals surface area contributed by atoms with E-state index < -0.39 is 0 Å². The number of aryl methyl sites for hydroxylation is 1. The van der Waals surface area contributed by atoms with Crippen molar-refractivity contribution in [3.63, 3.8) is 0 Å². The normalized spacial score (nSPS) is 10.4. The quantitative estimate of drug-likeness (QED) is 0.499. The lowest BCUT2D eigenvalue weighted by atomic mass is 10.3. The summed E-state index contributed by atoms with van der Waals surface area (Å²) in [5.74, 6) is 7.52. The van der Waals surface area contributed by atoms with Gasteiger partial charge < -0.3 is 10.7 Å². The van der Waals surface area contributed by atoms with Gasteiger partial charge in [0.05, 0.1) is 0 Å². The summed E-state index contributed by atoms with van der Waals surface area (Å²) in [6.07, 6.45) is 3.88. The zero-order chi connectivity index (χ0) is 13.0. The summed E-state index contributed by atoms with van der Waals surface area (Å²) >= 11 is 0. The molecule has 0 saturated carbocycles. The lowest BCUT2D eigenvalue weighted by Gasteiger charge is -2.09. The second-order valence-electron chi connectivity index (χ2n) is 3.85. The molecule has 0 aliphatic rings. The molecule has 0 unspecified atom stereocenters. The third-order valence-corrected chi connectivity index (χ3v) is 2.51. The maximum Gasteiger partial charge on any atom is 0.152 e. The van der Waals surface area contributed by atoms with Crippen molar-refractivity contribution in [2.24, 2.45) is 12.9 Å². The van der Waals surface area contributed by atoms with Crippen LogP contribution >= 0.6 is 0 Å². The molecule has 2 aromatic rings. The van der Waals surface area contributed by atoms with E-state index in [0.717, 1.165) is 23.6 Å². The van der Waals surface area contributed by atoms with Gasteiger partial charge in [-0.2, -0.15) is 5.10 Å². The van der Waals surface area contributed by atoms with Gasteiger partial charge in [-0.1, -0.05) is 0 Å². The first-order valence-electron chi connectivity index (χ1n) is 5.57. The minimum absolute atomic E-state index is 0.614. The predicted molar refractivity (Wildman–Crippen MR) is 67.8 cm³/mol. The van der Waals surface area contributed by atoms with E-state index in [0.29, 0.717) is 12.4 Å². The van der Waals surface area contributed by atoms with Crippen LogP contribution in [0.25, 0.3) is 0 Å². The molecule has 96 valence electrons. The lowest BCUT2D eigenvalue weighted by molar-refractivity contribution is 0.741. The van der Waals surface area contributed by atoms with Crippen molar-refractivity contribution in [3.8, 4) is 0 Å². The van der Waals surface area contributed by atoms with E-state index in [1.54, 1.807) is 11.0 Å². The molecule has 4 N–H and O–H groups in total. The van der Waals surface area contributed by atoms with Gasteiger partial charge in [-0.3, -0.25) is 4.68 Å². The van der Waals surface area contributed by atoms with Gasteiger partial charge in [-0.25, -0.2) is 20.8 Å². The number of hydrogen-bond donors (Lipinski definition) is 3. The number of nitrogen functional groups attached to an aromatic ring is 1. The van der Waals surface area contributed by atoms with Crippen LogP contribution in [0.5, 0.6) is 0 Å². The molecule has 0 atom stereocenters. The van der Waals surface area contributed by atoms with Gasteiger partial charge in [0.2, 0.25) is 0 Å². The molecule has 0 aromatic carbocycles. The van der Waals surface area contributed by atoms with Crippen LogP contribution in [0.1, 0.15) is 11.4 Å². The van der Waals surface area contributed by atoms with E-state index in [-0.39, 0.29) is 0 Å². The molecule has 0 aliphatic carbocycles. The Morgan fingerprint density at radius 2 is 2.06 bits per heavy atom. The molecule has 0 bridgehead atoms. The van der Waals surface area contributed by atoms with E-state index >= 15 is 0 Å². The summed E-state index contributed by atoms with van der Waals surface area (Å²) in [6, 6.07) is 0. The SMILES string of the molecule is Cc1c(NN)ncnc1NCCc1ncn(C)n1. The molecule has 0 fully saturated rings. The maximum atomic E-state index is 5.35. The predicted octanol–water partition coefficient (Wildman–Crippen LogP) is -0.146. The Bertz CT molecular complexity index is 520. The topological polar surface area (TPSA) is 107 Å². The number of nitrogens with one attached hydrogen (secondary N) is 2. The molecule has 0 spiro atoms. The van der Waals surface area contributed by atoms with Crippen LogP contribution in [-0.2, 0) is 13.5 Å². The van der Waals surface area contributed by atoms with Crippen LogP contribution < -0.4 is 16.6 Å². The van der Waals surface area contributed by atoms with E-state index in [1.165, 1.54) is 6.33 Å². The van der Waals surface area contributed by atoms with Gasteiger partial charge in [0.1, 0.15) is 24.3 Å². The number of nitrogens with two attached hydrogens (primary N) is 1. The number of anilines is 2. The summed E-state index contributed by atoms with van der Waals surface area (Å²) < 4.78 is 1.68. The number of nitrogens with zero attached hydrogens (tertiary/aromatic N) is 5. The molecule has 0 aliphatic heterocycles. The third kappa shape index (κ3) is 2.72. The lowest BCUT2D eigenvalue weighted by Crippen LogP contribution is -2.14. The number of hydrogen-bond acceptors (Lipinski definition) is 7. The molecular weight excluding hydrogens is 232 g/mol. The van der Waals surface area contributed by atoms with Crippen molar-refractivity contribution in [1.29, 1.82) is 0 Å². The smallest absolute Gasteiger partial charge is 0.152 e. The monoisotopic (exact) mass is 248 g/mol. The Morgan fingerprint density at radius 3 is 2.72 bits per heavy atom. The van der Waals surface area contributed by atoms with Crippen molar-refractivity contribution in [2.75, 3.05) is 17.3 Å². The molecular formula is C10H16N8. The summed E-state index contributed by atoms with van der Waals surface area (Å²) in [7, 11) is 1.84. The first-order chi connectivity index (χ1) is 8.70. The van der Waals surface area contributed by atoms with Crippen LogP contribution in [0.2, 0.25) is 0 Å². The van der Waals surface area contributed by atoms with Crippen molar-refractivity contribution in [1.82, 2.24) is 24.7 Å². The van der Waals surface area contributed by atoms with Crippen LogP contribution in [0.3, 0.4) is 0 Å². The Kier molecular flexibility index (Phi) is 3.68. The van der Waals surface area contributed by atoms with Gasteiger partial charge in [-0.05, 0) is 6.92 Å². The Hall–Kier alpha value is -2.22. The Balaban J connectivity index is 1.94. The summed E-state index contributed by atoms with van der Waals surface area (Å²) in [6.45, 7) is 2.60. The van der Waals surface area contributed by atoms with E-state index in [2.05, 4.69) is 30.8 Å². The standard InChI is InChI=1S/C10H16N8/c1-7-9(13-5-14-10(7)16-11)12-4-3-8-15-6-18(2)17-8/h5-6H,3-4,11H2,1-2H3,(H2,12,13,14,16). The fourth-order valence-corrected chi connectivity index (χ4v) is 1.57. The van der Waals surface area contributed by atoms with Crippen molar-refractivity contribution in [2.45, 2.75) is 13.3 Å². The summed E-state index contributed by atoms with van der Waals surface area (Å²) in [4.78, 5) is 12.3. The molecule has 0 saturated heterocycles. The van der Waals surface area contributed by atoms with Gasteiger partial charge in [0.15, 0.2) is 5.82 Å². The molecule has 2 rings (SSSR count). The molecule has 18 heavy (non-hydrogen) atoms. The zero-order valence-corrected chi connectivity index (χ0v) is 10.4. The highest BCUT2D eigenvalue weighted by Crippen LogP contribution is 2.16. The second-order valence-corrected chi connectivity index (χ2v) is 3.85. The van der Waals surface area contributed by atoms with Gasteiger partial charge >= 0.3 is 0 Å². The Morgan fingerprint density at radius 1 is 1.28 bits per heavy atom. The molecule has 8 heteroatoms. The molecule has 0 radical (unpaired) electrons. The second kappa shape index (κ2) is 5.41. The van der Waals surface area contributed by atoms with E-state index in [4.69, 9.17) is 5.84 Å². The summed E-state index contributed by atoms with van der Waals surface area (Å²) in [5.41, 5.74) is 3.41. The fraction of sp³-hybridized carbons (Fsp3) is 0.400. The van der Waals surface area contributed by atoms with Crippen molar-refractivity contribution >= 4 is 11.6 Å². The molecule has 8 nitrogen and oxygen atoms in total. The number of hydrazine groups is 1. The van der Waals surface area contributed by atoms with Crippen molar-refractivity contribution in [3.05, 3.63) is 24.0 Å². The molecule has 2 aromatic heterocycles. The minimum Gasteiger partial charge on any atom is -0.369 e. The first kappa shape index (κ1) is 12.2. The van der Waals surface area contributed by atoms with E-state index in [9.17, 15) is 0 Å². The fourth-order valence-electron chi connectivity index (χ4n) is 1.57. The van der Waals surface area contributed by atoms with Gasteiger partial charge in [0.25, 0.3) is 0 Å². The average molecular weight is 248 g/mol. The molecule has 2 heterocycles. The highest BCUT2D eigenvalue weighted by molar-refractivity contribution is 5.55. The van der Waals surface area contributed by atoms with Crippen LogP contribution in [-0.4, -0.2) is 31.3 Å². The number of rotatable bonds is 5. The maximum absolute atomic E-state index is 5.35. The van der Waals surface area contributed by atoms with E-state index in [1.807, 2.05) is 14.0 Å². The Labute approximate surface area is 105 Å². The van der Waals surface area contributed by atoms with Crippen LogP contribution in [0.4, 0.5) is 11.6 Å². The third-order valence-electron chi connectivity index (χ3n) is 2.51. The zero-order valence-electron chi connectivity index (χ0n) is 10.4. The van der Waals surface area contributed by atoms with Crippen molar-refractivity contribution < 1.29 is 0 Å². The largest absolute Gasteiger partial charge is 0.369 e. The highest BCUT2D eigenvalue weighted by Gasteiger charge is 2.05. The highest BCUT2D eigenvalue weighted by atomic mass is 15.3. The van der Waals surface area contributed by atoms with Crippen LogP contribution in [0.15, 0.2) is 12.7 Å². The average Bonchev–Trinajstić information content (AvgIpc) is 2.77. The number of aromatic nitrogens is 5. The van der Waals surface area contributed by atoms with Crippen LogP contribution in [0, 0.1) is 6.92 Å².